The lowest BCUT2D eigenvalue weighted by atomic mass is 10.1. The van der Waals surface area contributed by atoms with Gasteiger partial charge in [0, 0.05) is 23.8 Å². The van der Waals surface area contributed by atoms with E-state index in [1.807, 2.05) is 55.5 Å². The Hall–Kier alpha value is -2.00. The molecule has 0 unspecified atom stereocenters. The van der Waals surface area contributed by atoms with Crippen LogP contribution in [-0.2, 0) is 17.7 Å². The van der Waals surface area contributed by atoms with Crippen LogP contribution in [-0.4, -0.2) is 32.3 Å². The van der Waals surface area contributed by atoms with Gasteiger partial charge in [-0.1, -0.05) is 35.9 Å². The summed E-state index contributed by atoms with van der Waals surface area (Å²) in [6, 6.07) is 15.3. The van der Waals surface area contributed by atoms with Crippen LogP contribution in [0.15, 0.2) is 53.5 Å². The molecule has 2 aromatic rings. The summed E-state index contributed by atoms with van der Waals surface area (Å²) in [7, 11) is 1.33. The second kappa shape index (κ2) is 13.2. The van der Waals surface area contributed by atoms with Crippen LogP contribution in [0.1, 0.15) is 18.1 Å². The average molecular weight is 517 g/mol. The molecule has 6 nitrogen and oxygen atoms in total. The number of amides is 1. The van der Waals surface area contributed by atoms with Gasteiger partial charge in [-0.3, -0.25) is 5.32 Å². The lowest BCUT2D eigenvalue weighted by Crippen LogP contribution is -2.38. The number of nitrogens with one attached hydrogen (secondary N) is 3. The van der Waals surface area contributed by atoms with E-state index in [9.17, 15) is 4.79 Å². The van der Waals surface area contributed by atoms with Crippen molar-refractivity contribution in [1.82, 2.24) is 10.6 Å². The molecule has 152 valence electrons. The fraction of sp³-hybridized carbons (Fsp3) is 0.300. The molecule has 0 aliphatic heterocycles. The number of aliphatic imine (C=N–C) groups is 1. The molecule has 1 amide bonds. The molecule has 0 aromatic heterocycles. The van der Waals surface area contributed by atoms with Gasteiger partial charge in [0.1, 0.15) is 0 Å². The molecule has 28 heavy (non-hydrogen) atoms. The van der Waals surface area contributed by atoms with Crippen molar-refractivity contribution >= 4 is 53.3 Å². The van der Waals surface area contributed by atoms with Crippen molar-refractivity contribution in [2.75, 3.05) is 25.5 Å². The van der Waals surface area contributed by atoms with E-state index in [2.05, 4.69) is 25.7 Å². The summed E-state index contributed by atoms with van der Waals surface area (Å²) in [5.41, 5.74) is 2.94. The van der Waals surface area contributed by atoms with E-state index < -0.39 is 6.09 Å². The maximum atomic E-state index is 11.2. The van der Waals surface area contributed by atoms with Gasteiger partial charge in [0.15, 0.2) is 5.96 Å². The Kier molecular flexibility index (Phi) is 11.4. The molecular weight excluding hydrogens is 491 g/mol. The fourth-order valence-electron chi connectivity index (χ4n) is 2.35. The van der Waals surface area contributed by atoms with Crippen molar-refractivity contribution in [1.29, 1.82) is 0 Å². The number of carbonyl (C=O) groups excluding carboxylic acids is 1. The van der Waals surface area contributed by atoms with Crippen LogP contribution in [0.5, 0.6) is 0 Å². The standard InChI is InChI=1S/C20H25ClN4O2.HI/c1-3-22-19(23-13-12-15-4-8-17(21)9-5-15)24-14-16-6-10-18(11-7-16)25-20(26)27-2;/h4-11H,3,12-14H2,1-2H3,(H,25,26)(H2,22,23,24);1H. The first-order valence-electron chi connectivity index (χ1n) is 8.81. The van der Waals surface area contributed by atoms with E-state index in [1.54, 1.807) is 0 Å². The van der Waals surface area contributed by atoms with Crippen molar-refractivity contribution in [3.63, 3.8) is 0 Å². The first-order valence-corrected chi connectivity index (χ1v) is 9.19. The van der Waals surface area contributed by atoms with Crippen LogP contribution < -0.4 is 16.0 Å². The number of carbonyl (C=O) groups is 1. The minimum atomic E-state index is -0.486. The van der Waals surface area contributed by atoms with Gasteiger partial charge in [-0.25, -0.2) is 9.79 Å². The highest BCUT2D eigenvalue weighted by Gasteiger charge is 2.01. The SMILES string of the molecule is CCNC(=NCc1ccc(NC(=O)OC)cc1)NCCc1ccc(Cl)cc1.I. The number of ether oxygens (including phenoxy) is 1. The molecule has 0 bridgehead atoms. The van der Waals surface area contributed by atoms with E-state index in [1.165, 1.54) is 12.7 Å². The minimum absolute atomic E-state index is 0. The molecule has 2 rings (SSSR count). The zero-order valence-electron chi connectivity index (χ0n) is 16.0. The Labute approximate surface area is 188 Å². The molecule has 0 radical (unpaired) electrons. The van der Waals surface area contributed by atoms with Crippen molar-refractivity contribution < 1.29 is 9.53 Å². The number of rotatable bonds is 7. The molecule has 0 heterocycles. The summed E-state index contributed by atoms with van der Waals surface area (Å²) in [4.78, 5) is 15.8. The van der Waals surface area contributed by atoms with Crippen LogP contribution in [0.2, 0.25) is 5.02 Å². The number of methoxy groups -OCH3 is 1. The normalized spacial score (nSPS) is 10.6. The summed E-state index contributed by atoms with van der Waals surface area (Å²) in [6.07, 6.45) is 0.398. The number of halogens is 2. The van der Waals surface area contributed by atoms with Gasteiger partial charge in [0.25, 0.3) is 0 Å². The van der Waals surface area contributed by atoms with Gasteiger partial charge in [-0.15, -0.1) is 24.0 Å². The van der Waals surface area contributed by atoms with Crippen LogP contribution in [0.4, 0.5) is 10.5 Å². The van der Waals surface area contributed by atoms with E-state index in [0.717, 1.165) is 36.1 Å². The third kappa shape index (κ3) is 8.79. The van der Waals surface area contributed by atoms with Crippen LogP contribution >= 0.6 is 35.6 Å². The number of nitrogens with zero attached hydrogens (tertiary/aromatic N) is 1. The number of benzene rings is 2. The zero-order chi connectivity index (χ0) is 19.5. The Morgan fingerprint density at radius 3 is 2.29 bits per heavy atom. The molecule has 0 aliphatic carbocycles. The lowest BCUT2D eigenvalue weighted by Gasteiger charge is -2.11. The number of hydrogen-bond donors (Lipinski definition) is 3. The number of guanidine groups is 1. The van der Waals surface area contributed by atoms with Gasteiger partial charge in [0.05, 0.1) is 13.7 Å². The van der Waals surface area contributed by atoms with Gasteiger partial charge in [-0.2, -0.15) is 0 Å². The number of hydrogen-bond acceptors (Lipinski definition) is 3. The second-order valence-electron chi connectivity index (χ2n) is 5.81. The summed E-state index contributed by atoms with van der Waals surface area (Å²) in [5.74, 6) is 0.767. The summed E-state index contributed by atoms with van der Waals surface area (Å²) in [5, 5.41) is 9.93. The first-order chi connectivity index (χ1) is 13.1. The Bertz CT molecular complexity index is 752. The van der Waals surface area contributed by atoms with Crippen LogP contribution in [0, 0.1) is 0 Å². The van der Waals surface area contributed by atoms with Crippen molar-refractivity contribution in [2.45, 2.75) is 19.9 Å². The minimum Gasteiger partial charge on any atom is -0.453 e. The molecule has 0 atom stereocenters. The van der Waals surface area contributed by atoms with E-state index in [-0.39, 0.29) is 24.0 Å². The predicted octanol–water partition coefficient (Wildman–Crippen LogP) is 4.43. The molecule has 8 heteroatoms. The average Bonchev–Trinajstić information content (AvgIpc) is 2.68. The number of anilines is 1. The first kappa shape index (κ1) is 24.0. The maximum absolute atomic E-state index is 11.2. The van der Waals surface area contributed by atoms with E-state index >= 15 is 0 Å². The molecule has 2 aromatic carbocycles. The Balaban J connectivity index is 0.00000392. The highest BCUT2D eigenvalue weighted by molar-refractivity contribution is 14.0. The lowest BCUT2D eigenvalue weighted by molar-refractivity contribution is 0.187. The molecular formula is C20H26ClIN4O2. The maximum Gasteiger partial charge on any atom is 0.411 e. The molecule has 0 saturated carbocycles. The second-order valence-corrected chi connectivity index (χ2v) is 6.25. The highest BCUT2D eigenvalue weighted by Crippen LogP contribution is 2.11. The third-order valence-corrected chi connectivity index (χ3v) is 4.02. The molecule has 0 spiro atoms. The Morgan fingerprint density at radius 1 is 1.04 bits per heavy atom. The van der Waals surface area contributed by atoms with Crippen molar-refractivity contribution in [3.05, 3.63) is 64.7 Å². The summed E-state index contributed by atoms with van der Waals surface area (Å²) < 4.78 is 4.57. The quantitative estimate of drug-likeness (QED) is 0.289. The predicted molar refractivity (Wildman–Crippen MR) is 126 cm³/mol. The summed E-state index contributed by atoms with van der Waals surface area (Å²) in [6.45, 7) is 4.13. The van der Waals surface area contributed by atoms with Gasteiger partial charge >= 0.3 is 6.09 Å². The van der Waals surface area contributed by atoms with Crippen LogP contribution in [0.25, 0.3) is 0 Å². The molecule has 3 N–H and O–H groups in total. The van der Waals surface area contributed by atoms with E-state index in [4.69, 9.17) is 11.6 Å². The Morgan fingerprint density at radius 2 is 1.68 bits per heavy atom. The smallest absolute Gasteiger partial charge is 0.411 e. The zero-order valence-corrected chi connectivity index (χ0v) is 19.1. The van der Waals surface area contributed by atoms with Crippen molar-refractivity contribution in [3.8, 4) is 0 Å². The molecule has 0 aliphatic rings. The van der Waals surface area contributed by atoms with Crippen LogP contribution in [0.3, 0.4) is 0 Å². The van der Waals surface area contributed by atoms with Gasteiger partial charge < -0.3 is 15.4 Å². The van der Waals surface area contributed by atoms with Gasteiger partial charge in [-0.05, 0) is 48.7 Å². The fourth-order valence-corrected chi connectivity index (χ4v) is 2.48. The van der Waals surface area contributed by atoms with E-state index in [0.29, 0.717) is 12.2 Å². The van der Waals surface area contributed by atoms with Crippen molar-refractivity contribution in [2.24, 2.45) is 4.99 Å². The molecule has 0 saturated heterocycles. The third-order valence-electron chi connectivity index (χ3n) is 3.77. The monoisotopic (exact) mass is 516 g/mol. The largest absolute Gasteiger partial charge is 0.453 e. The van der Waals surface area contributed by atoms with Gasteiger partial charge in [0.2, 0.25) is 0 Å². The highest BCUT2D eigenvalue weighted by atomic mass is 127. The topological polar surface area (TPSA) is 74.8 Å². The summed E-state index contributed by atoms with van der Waals surface area (Å²) >= 11 is 5.91. The molecule has 0 fully saturated rings.